The number of aromatic nitrogens is 2. The van der Waals surface area contributed by atoms with Crippen LogP contribution in [0, 0.1) is 11.3 Å². The minimum Gasteiger partial charge on any atom is -0.333 e. The third kappa shape index (κ3) is 3.83. The number of halogens is 1. The molecule has 0 bridgehead atoms. The van der Waals surface area contributed by atoms with Crippen LogP contribution in [0.5, 0.6) is 0 Å². The summed E-state index contributed by atoms with van der Waals surface area (Å²) in [5, 5.41) is 15.2. The number of hydrogen-bond donors (Lipinski definition) is 0. The molecular weight excluding hydrogens is 374 g/mol. The van der Waals surface area contributed by atoms with Gasteiger partial charge in [-0.05, 0) is 29.2 Å². The van der Waals surface area contributed by atoms with Gasteiger partial charge >= 0.3 is 0 Å². The summed E-state index contributed by atoms with van der Waals surface area (Å²) in [5.74, 6) is 0.689. The zero-order chi connectivity index (χ0) is 16.1. The maximum absolute atomic E-state index is 9.34. The molecule has 0 aliphatic rings. The van der Waals surface area contributed by atoms with Gasteiger partial charge in [0.05, 0.1) is 4.88 Å². The molecule has 0 atom stereocenters. The first-order valence-corrected chi connectivity index (χ1v) is 8.35. The Morgan fingerprint density at radius 3 is 2.74 bits per heavy atom. The van der Waals surface area contributed by atoms with Crippen molar-refractivity contribution < 1.29 is 4.52 Å². The second kappa shape index (κ2) is 7.18. The second-order valence-corrected chi connectivity index (χ2v) is 6.37. The van der Waals surface area contributed by atoms with Crippen LogP contribution < -0.4 is 0 Å². The molecular formula is C17H10BrN3OS. The standard InChI is InChI=1S/C17H10BrN3OS/c18-14(9-12-5-2-1-3-6-12)10-13(11-19)17-20-16(21-22-17)15-7-4-8-23-15/h1-10H/b13-10+,14-9-. The molecule has 4 nitrogen and oxygen atoms in total. The summed E-state index contributed by atoms with van der Waals surface area (Å²) in [6.07, 6.45) is 3.58. The van der Waals surface area contributed by atoms with E-state index in [1.165, 1.54) is 11.3 Å². The van der Waals surface area contributed by atoms with Gasteiger partial charge in [-0.2, -0.15) is 10.2 Å². The molecule has 3 rings (SSSR count). The van der Waals surface area contributed by atoms with Gasteiger partial charge in [-0.25, -0.2) is 0 Å². The van der Waals surface area contributed by atoms with Gasteiger partial charge < -0.3 is 4.52 Å². The highest BCUT2D eigenvalue weighted by Gasteiger charge is 2.13. The first-order valence-electron chi connectivity index (χ1n) is 6.68. The fraction of sp³-hybridized carbons (Fsp3) is 0. The van der Waals surface area contributed by atoms with Crippen LogP contribution in [0.1, 0.15) is 11.5 Å². The molecule has 0 spiro atoms. The molecule has 2 aromatic heterocycles. The summed E-state index contributed by atoms with van der Waals surface area (Å²) in [6.45, 7) is 0. The Morgan fingerprint density at radius 1 is 1.22 bits per heavy atom. The Bertz CT molecular complexity index is 890. The van der Waals surface area contributed by atoms with E-state index in [0.29, 0.717) is 11.4 Å². The van der Waals surface area contributed by atoms with E-state index in [-0.39, 0.29) is 5.89 Å². The smallest absolute Gasteiger partial charge is 0.268 e. The lowest BCUT2D eigenvalue weighted by Gasteiger charge is -1.94. The molecule has 0 amide bonds. The fourth-order valence-electron chi connectivity index (χ4n) is 1.87. The van der Waals surface area contributed by atoms with Gasteiger partial charge in [-0.1, -0.05) is 57.5 Å². The zero-order valence-corrected chi connectivity index (χ0v) is 14.2. The first kappa shape index (κ1) is 15.4. The number of thiophene rings is 1. The highest BCUT2D eigenvalue weighted by atomic mass is 79.9. The average Bonchev–Trinajstić information content (AvgIpc) is 3.24. The van der Waals surface area contributed by atoms with Crippen molar-refractivity contribution in [2.75, 3.05) is 0 Å². The zero-order valence-electron chi connectivity index (χ0n) is 11.8. The van der Waals surface area contributed by atoms with Gasteiger partial charge in [-0.3, -0.25) is 0 Å². The second-order valence-electron chi connectivity index (χ2n) is 4.51. The maximum atomic E-state index is 9.34. The minimum absolute atomic E-state index is 0.203. The predicted molar refractivity (Wildman–Crippen MR) is 94.5 cm³/mol. The topological polar surface area (TPSA) is 62.7 Å². The van der Waals surface area contributed by atoms with Gasteiger partial charge in [-0.15, -0.1) is 11.3 Å². The van der Waals surface area contributed by atoms with Crippen LogP contribution in [0.2, 0.25) is 0 Å². The predicted octanol–water partition coefficient (Wildman–Crippen LogP) is 5.14. The molecule has 0 unspecified atom stereocenters. The van der Waals surface area contributed by atoms with E-state index < -0.39 is 0 Å². The van der Waals surface area contributed by atoms with Crippen LogP contribution in [0.3, 0.4) is 0 Å². The Labute approximate surface area is 145 Å². The average molecular weight is 384 g/mol. The maximum Gasteiger partial charge on any atom is 0.268 e. The summed E-state index contributed by atoms with van der Waals surface area (Å²) in [5.41, 5.74) is 1.33. The van der Waals surface area contributed by atoms with Crippen molar-refractivity contribution in [2.24, 2.45) is 0 Å². The lowest BCUT2D eigenvalue weighted by atomic mass is 10.2. The van der Waals surface area contributed by atoms with Crippen LogP contribution in [0.25, 0.3) is 22.4 Å². The number of nitrogens with zero attached hydrogens (tertiary/aromatic N) is 3. The van der Waals surface area contributed by atoms with Gasteiger partial charge in [0.2, 0.25) is 5.82 Å². The number of allylic oxidation sites excluding steroid dienone is 3. The lowest BCUT2D eigenvalue weighted by molar-refractivity contribution is 0.409. The molecule has 0 saturated carbocycles. The van der Waals surface area contributed by atoms with Crippen LogP contribution in [0.4, 0.5) is 0 Å². The number of rotatable bonds is 4. The van der Waals surface area contributed by atoms with Crippen LogP contribution in [-0.4, -0.2) is 10.1 Å². The summed E-state index contributed by atoms with van der Waals surface area (Å²) >= 11 is 4.96. The molecule has 3 aromatic rings. The molecule has 112 valence electrons. The van der Waals surface area contributed by atoms with Crippen molar-refractivity contribution in [3.63, 3.8) is 0 Å². The Balaban J connectivity index is 1.88. The largest absolute Gasteiger partial charge is 0.333 e. The summed E-state index contributed by atoms with van der Waals surface area (Å²) in [7, 11) is 0. The van der Waals surface area contributed by atoms with Gasteiger partial charge in [0.1, 0.15) is 11.6 Å². The quantitative estimate of drug-likeness (QED) is 0.462. The molecule has 6 heteroatoms. The van der Waals surface area contributed by atoms with Crippen molar-refractivity contribution in [1.82, 2.24) is 10.1 Å². The van der Waals surface area contributed by atoms with E-state index in [9.17, 15) is 5.26 Å². The monoisotopic (exact) mass is 383 g/mol. The number of hydrogen-bond acceptors (Lipinski definition) is 5. The summed E-state index contributed by atoms with van der Waals surface area (Å²) in [4.78, 5) is 5.18. The third-order valence-corrected chi connectivity index (χ3v) is 4.23. The molecule has 0 aliphatic heterocycles. The van der Waals surface area contributed by atoms with Gasteiger partial charge in [0.15, 0.2) is 0 Å². The fourth-order valence-corrected chi connectivity index (χ4v) is 3.01. The molecule has 0 N–H and O–H groups in total. The molecule has 23 heavy (non-hydrogen) atoms. The first-order chi connectivity index (χ1) is 11.3. The number of nitriles is 1. The van der Waals surface area contributed by atoms with E-state index in [4.69, 9.17) is 4.52 Å². The highest BCUT2D eigenvalue weighted by Crippen LogP contribution is 2.25. The van der Waals surface area contributed by atoms with Crippen LogP contribution in [0.15, 0.2) is 62.9 Å². The normalized spacial score (nSPS) is 12.2. The van der Waals surface area contributed by atoms with Crippen molar-refractivity contribution >= 4 is 38.9 Å². The molecule has 0 saturated heterocycles. The molecule has 0 aliphatic carbocycles. The molecule has 0 fully saturated rings. The van der Waals surface area contributed by atoms with Crippen molar-refractivity contribution in [3.8, 4) is 16.8 Å². The SMILES string of the molecule is N#C/C(=C\C(Br)=C\c1ccccc1)c1nc(-c2cccs2)no1. The Morgan fingerprint density at radius 2 is 2.04 bits per heavy atom. The van der Waals surface area contributed by atoms with E-state index >= 15 is 0 Å². The van der Waals surface area contributed by atoms with Gasteiger partial charge in [0, 0.05) is 4.48 Å². The molecule has 0 radical (unpaired) electrons. The van der Waals surface area contributed by atoms with Gasteiger partial charge in [0.25, 0.3) is 5.89 Å². The van der Waals surface area contributed by atoms with Crippen molar-refractivity contribution in [3.05, 3.63) is 69.9 Å². The van der Waals surface area contributed by atoms with E-state index in [1.54, 1.807) is 6.08 Å². The summed E-state index contributed by atoms with van der Waals surface area (Å²) < 4.78 is 5.95. The van der Waals surface area contributed by atoms with E-state index in [1.807, 2.05) is 53.9 Å². The molecule has 1 aromatic carbocycles. The van der Waals surface area contributed by atoms with Crippen molar-refractivity contribution in [1.29, 1.82) is 5.26 Å². The highest BCUT2D eigenvalue weighted by molar-refractivity contribution is 9.12. The van der Waals surface area contributed by atoms with Crippen LogP contribution in [-0.2, 0) is 0 Å². The third-order valence-electron chi connectivity index (χ3n) is 2.90. The van der Waals surface area contributed by atoms with E-state index in [0.717, 1.165) is 14.9 Å². The number of benzene rings is 1. The summed E-state index contributed by atoms with van der Waals surface area (Å²) in [6, 6.07) is 15.7. The minimum atomic E-state index is 0.203. The van der Waals surface area contributed by atoms with Crippen molar-refractivity contribution in [2.45, 2.75) is 0 Å². The molecule has 2 heterocycles. The van der Waals surface area contributed by atoms with Crippen LogP contribution >= 0.6 is 27.3 Å². The Kier molecular flexibility index (Phi) is 4.81. The Hall–Kier alpha value is -2.49. The van der Waals surface area contributed by atoms with E-state index in [2.05, 4.69) is 32.1 Å². The lowest BCUT2D eigenvalue weighted by Crippen LogP contribution is -1.82.